The predicted molar refractivity (Wildman–Crippen MR) is 134 cm³/mol. The van der Waals surface area contributed by atoms with Crippen molar-refractivity contribution in [2.24, 2.45) is 0 Å². The maximum Gasteiger partial charge on any atom is 0.270 e. The molecule has 0 spiro atoms. The Kier molecular flexibility index (Phi) is 7.06. The van der Waals surface area contributed by atoms with E-state index < -0.39 is 5.92 Å². The third-order valence-electron chi connectivity index (χ3n) is 6.97. The molecule has 1 aliphatic rings. The molecule has 1 N–H and O–H groups in total. The Morgan fingerprint density at radius 3 is 2.50 bits per heavy atom. The summed E-state index contributed by atoms with van der Waals surface area (Å²) in [4.78, 5) is 15.8. The molecule has 0 bridgehead atoms. The third kappa shape index (κ3) is 5.01. The van der Waals surface area contributed by atoms with Crippen LogP contribution in [0.15, 0.2) is 30.6 Å². The van der Waals surface area contributed by atoms with Gasteiger partial charge in [-0.25, -0.2) is 23.7 Å². The van der Waals surface area contributed by atoms with Gasteiger partial charge in [0.1, 0.15) is 17.3 Å². The molecule has 0 saturated carbocycles. The van der Waals surface area contributed by atoms with Gasteiger partial charge in [-0.3, -0.25) is 0 Å². The zero-order valence-electron chi connectivity index (χ0n) is 20.4. The van der Waals surface area contributed by atoms with Crippen molar-refractivity contribution in [2.75, 3.05) is 18.4 Å². The molecular formula is C26H32ClF2N5. The lowest BCUT2D eigenvalue weighted by Gasteiger charge is -2.35. The van der Waals surface area contributed by atoms with Crippen LogP contribution in [0.4, 0.5) is 14.6 Å². The van der Waals surface area contributed by atoms with E-state index in [1.807, 2.05) is 13.0 Å². The largest absolute Gasteiger partial charge is 0.363 e. The molecule has 0 unspecified atom stereocenters. The number of halogens is 3. The molecule has 4 rings (SSSR count). The quantitative estimate of drug-likeness (QED) is 0.385. The monoisotopic (exact) mass is 487 g/mol. The molecule has 1 aromatic carbocycles. The summed E-state index contributed by atoms with van der Waals surface area (Å²) in [6.45, 7) is 11.1. The van der Waals surface area contributed by atoms with Gasteiger partial charge in [-0.2, -0.15) is 0 Å². The van der Waals surface area contributed by atoms with Crippen molar-refractivity contribution >= 4 is 28.5 Å². The smallest absolute Gasteiger partial charge is 0.270 e. The molecule has 34 heavy (non-hydrogen) atoms. The predicted octanol–water partition coefficient (Wildman–Crippen LogP) is 6.86. The summed E-state index contributed by atoms with van der Waals surface area (Å²) in [5.41, 5.74) is 2.95. The number of benzene rings is 1. The van der Waals surface area contributed by atoms with Crippen molar-refractivity contribution in [3.05, 3.63) is 58.0 Å². The summed E-state index contributed by atoms with van der Waals surface area (Å²) in [7, 11) is 0. The molecule has 5 nitrogen and oxygen atoms in total. The highest BCUT2D eigenvalue weighted by molar-refractivity contribution is 6.30. The van der Waals surface area contributed by atoms with Gasteiger partial charge in [0, 0.05) is 18.5 Å². The summed E-state index contributed by atoms with van der Waals surface area (Å²) < 4.78 is 28.1. The van der Waals surface area contributed by atoms with Crippen molar-refractivity contribution < 1.29 is 8.78 Å². The number of likely N-dealkylation sites (tertiary alicyclic amines) is 1. The number of fused-ring (bicyclic) bond motifs is 1. The van der Waals surface area contributed by atoms with Gasteiger partial charge >= 0.3 is 0 Å². The van der Waals surface area contributed by atoms with E-state index in [-0.39, 0.29) is 11.6 Å². The van der Waals surface area contributed by atoms with E-state index in [2.05, 4.69) is 45.1 Å². The number of alkyl halides is 2. The standard InChI is InChI=1S/C26H32ClF2N5/c1-15(2)34-11-9-18(10-12-34)20-13-21-24(30-14-31-25(21)33-23(20)27)32-17(4)19-7-6-8-22(16(19)3)26(5,28)29/h6-8,13-15,17-18H,9-12H2,1-5H3,(H,30,31,32,33)/t17-/m1/s1. The van der Waals surface area contributed by atoms with Crippen molar-refractivity contribution in [3.8, 4) is 0 Å². The number of piperidine rings is 1. The first-order valence-electron chi connectivity index (χ1n) is 11.9. The summed E-state index contributed by atoms with van der Waals surface area (Å²) in [5, 5.41) is 4.68. The van der Waals surface area contributed by atoms with Crippen molar-refractivity contribution in [1.29, 1.82) is 0 Å². The molecule has 2 aromatic heterocycles. The Bertz CT molecular complexity index is 1170. The molecule has 1 aliphatic heterocycles. The molecule has 1 fully saturated rings. The van der Waals surface area contributed by atoms with Gasteiger partial charge in [-0.05, 0) is 82.3 Å². The van der Waals surface area contributed by atoms with Crippen LogP contribution in [0.1, 0.15) is 74.8 Å². The van der Waals surface area contributed by atoms with Gasteiger partial charge in [0.15, 0.2) is 5.65 Å². The van der Waals surface area contributed by atoms with Crippen molar-refractivity contribution in [3.63, 3.8) is 0 Å². The second-order valence-corrected chi connectivity index (χ2v) is 10.00. The summed E-state index contributed by atoms with van der Waals surface area (Å²) in [5.74, 6) is -1.95. The highest BCUT2D eigenvalue weighted by atomic mass is 35.5. The zero-order chi connectivity index (χ0) is 24.6. The number of nitrogens with one attached hydrogen (secondary N) is 1. The fourth-order valence-corrected chi connectivity index (χ4v) is 5.28. The minimum absolute atomic E-state index is 0.0367. The maximum absolute atomic E-state index is 14.1. The zero-order valence-corrected chi connectivity index (χ0v) is 21.1. The van der Waals surface area contributed by atoms with Gasteiger partial charge in [0.25, 0.3) is 5.92 Å². The maximum atomic E-state index is 14.1. The van der Waals surface area contributed by atoms with Crippen LogP contribution < -0.4 is 5.32 Å². The average Bonchev–Trinajstić information content (AvgIpc) is 2.78. The summed E-state index contributed by atoms with van der Waals surface area (Å²) in [6, 6.07) is 7.37. The molecule has 3 heterocycles. The minimum Gasteiger partial charge on any atom is -0.363 e. The van der Waals surface area contributed by atoms with Crippen molar-refractivity contribution in [2.45, 2.75) is 71.4 Å². The highest BCUT2D eigenvalue weighted by Gasteiger charge is 2.28. The Morgan fingerprint density at radius 1 is 1.15 bits per heavy atom. The second kappa shape index (κ2) is 9.70. The average molecular weight is 488 g/mol. The number of aromatic nitrogens is 3. The van der Waals surface area contributed by atoms with Gasteiger partial charge in [-0.1, -0.05) is 29.8 Å². The van der Waals surface area contributed by atoms with Crippen LogP contribution in [0, 0.1) is 6.92 Å². The van der Waals surface area contributed by atoms with Crippen LogP contribution in [0.5, 0.6) is 0 Å². The van der Waals surface area contributed by atoms with E-state index in [0.717, 1.165) is 49.4 Å². The molecule has 0 aliphatic carbocycles. The summed E-state index contributed by atoms with van der Waals surface area (Å²) >= 11 is 6.59. The topological polar surface area (TPSA) is 53.9 Å². The highest BCUT2D eigenvalue weighted by Crippen LogP contribution is 2.37. The van der Waals surface area contributed by atoms with Crippen LogP contribution in [0.2, 0.25) is 5.15 Å². The fourth-order valence-electron chi connectivity index (χ4n) is 4.99. The number of hydrogen-bond acceptors (Lipinski definition) is 5. The van der Waals surface area contributed by atoms with Crippen LogP contribution >= 0.6 is 11.6 Å². The van der Waals surface area contributed by atoms with E-state index in [4.69, 9.17) is 11.6 Å². The molecular weight excluding hydrogens is 456 g/mol. The number of hydrogen-bond donors (Lipinski definition) is 1. The van der Waals surface area contributed by atoms with Crippen LogP contribution in [0.25, 0.3) is 11.0 Å². The van der Waals surface area contributed by atoms with Gasteiger partial charge in [0.05, 0.1) is 11.4 Å². The first-order valence-corrected chi connectivity index (χ1v) is 12.2. The first-order chi connectivity index (χ1) is 16.1. The van der Waals surface area contributed by atoms with Crippen molar-refractivity contribution in [1.82, 2.24) is 19.9 Å². The number of anilines is 1. The van der Waals surface area contributed by atoms with E-state index in [9.17, 15) is 8.78 Å². The Balaban J connectivity index is 1.65. The molecule has 1 saturated heterocycles. The van der Waals surface area contributed by atoms with Crippen LogP contribution in [-0.4, -0.2) is 39.0 Å². The SMILES string of the molecule is Cc1c([C@@H](C)Nc2ncnc3nc(Cl)c(C4CCN(C(C)C)CC4)cc23)cccc1C(C)(F)F. The number of nitrogens with zero attached hydrogens (tertiary/aromatic N) is 4. The van der Waals surface area contributed by atoms with E-state index >= 15 is 0 Å². The summed E-state index contributed by atoms with van der Waals surface area (Å²) in [6.07, 6.45) is 3.50. The lowest BCUT2D eigenvalue weighted by atomic mass is 9.89. The Morgan fingerprint density at radius 2 is 1.85 bits per heavy atom. The van der Waals surface area contributed by atoms with E-state index in [1.165, 1.54) is 12.4 Å². The van der Waals surface area contributed by atoms with E-state index in [1.54, 1.807) is 13.0 Å². The number of pyridine rings is 1. The lowest BCUT2D eigenvalue weighted by Crippen LogP contribution is -2.37. The number of rotatable bonds is 6. The van der Waals surface area contributed by atoms with Gasteiger partial charge in [0.2, 0.25) is 0 Å². The van der Waals surface area contributed by atoms with E-state index in [0.29, 0.717) is 34.1 Å². The third-order valence-corrected chi connectivity index (χ3v) is 7.28. The first kappa shape index (κ1) is 24.7. The van der Waals surface area contributed by atoms with Gasteiger partial charge < -0.3 is 10.2 Å². The fraction of sp³-hybridized carbons (Fsp3) is 0.500. The van der Waals surface area contributed by atoms with Crippen LogP contribution in [0.3, 0.4) is 0 Å². The molecule has 1 atom stereocenters. The van der Waals surface area contributed by atoms with Crippen LogP contribution in [-0.2, 0) is 5.92 Å². The minimum atomic E-state index is -2.90. The molecule has 8 heteroatoms. The molecule has 182 valence electrons. The molecule has 3 aromatic rings. The van der Waals surface area contributed by atoms with Gasteiger partial charge in [-0.15, -0.1) is 0 Å². The Labute approximate surface area is 205 Å². The normalized spacial score (nSPS) is 16.9. The molecule has 0 radical (unpaired) electrons. The Hall–Kier alpha value is -2.38. The molecule has 0 amide bonds. The lowest BCUT2D eigenvalue weighted by molar-refractivity contribution is 0.0167. The second-order valence-electron chi connectivity index (χ2n) is 9.64.